The van der Waals surface area contributed by atoms with E-state index in [0.29, 0.717) is 11.6 Å². The molecular weight excluding hydrogens is 270 g/mol. The lowest BCUT2D eigenvalue weighted by Crippen LogP contribution is -2.33. The van der Waals surface area contributed by atoms with Crippen LogP contribution >= 0.6 is 23.4 Å². The van der Waals surface area contributed by atoms with Crippen molar-refractivity contribution in [1.82, 2.24) is 5.32 Å². The number of ether oxygens (including phenoxy) is 1. The van der Waals surface area contributed by atoms with E-state index in [4.69, 9.17) is 16.3 Å². The van der Waals surface area contributed by atoms with Gasteiger partial charge in [0.25, 0.3) is 0 Å². The second kappa shape index (κ2) is 6.45. The third kappa shape index (κ3) is 3.40. The zero-order chi connectivity index (χ0) is 13.0. The molecule has 0 saturated heterocycles. The predicted octanol–water partition coefficient (Wildman–Crippen LogP) is 3.03. The Balaban J connectivity index is 2.07. The lowest BCUT2D eigenvalue weighted by molar-refractivity contribution is -0.126. The lowest BCUT2D eigenvalue weighted by atomic mass is 10.0. The van der Waals surface area contributed by atoms with Crippen LogP contribution < -0.4 is 5.32 Å². The van der Waals surface area contributed by atoms with Crippen LogP contribution in [0.15, 0.2) is 23.1 Å². The maximum atomic E-state index is 11.7. The molecule has 5 heteroatoms. The number of benzene rings is 1. The Labute approximate surface area is 116 Å². The van der Waals surface area contributed by atoms with Gasteiger partial charge < -0.3 is 10.1 Å². The number of rotatable bonds is 4. The zero-order valence-electron chi connectivity index (χ0n) is 10.2. The summed E-state index contributed by atoms with van der Waals surface area (Å²) in [7, 11) is 0. The monoisotopic (exact) mass is 285 g/mol. The molecule has 18 heavy (non-hydrogen) atoms. The zero-order valence-corrected chi connectivity index (χ0v) is 11.8. The number of carbonyl (C=O) groups is 1. The Bertz CT molecular complexity index is 439. The third-order valence-electron chi connectivity index (χ3n) is 2.78. The normalized spacial score (nSPS) is 18.2. The molecule has 1 aromatic carbocycles. The highest BCUT2D eigenvalue weighted by molar-refractivity contribution is 7.99. The highest BCUT2D eigenvalue weighted by atomic mass is 35.5. The van der Waals surface area contributed by atoms with Gasteiger partial charge in [-0.05, 0) is 37.1 Å². The molecule has 0 spiro atoms. The largest absolute Gasteiger partial charge is 0.372 e. The fraction of sp³-hybridized carbons (Fsp3) is 0.462. The molecule has 1 amide bonds. The quantitative estimate of drug-likeness (QED) is 0.924. The van der Waals surface area contributed by atoms with Gasteiger partial charge in [-0.25, -0.2) is 0 Å². The van der Waals surface area contributed by atoms with Crippen molar-refractivity contribution < 1.29 is 9.53 Å². The maximum Gasteiger partial charge on any atom is 0.246 e. The van der Waals surface area contributed by atoms with Gasteiger partial charge in [0.2, 0.25) is 5.91 Å². The molecule has 0 fully saturated rings. The van der Waals surface area contributed by atoms with Gasteiger partial charge in [0.1, 0.15) is 6.61 Å². The Morgan fingerprint density at radius 3 is 3.22 bits per heavy atom. The number of hydrogen-bond donors (Lipinski definition) is 1. The molecule has 1 unspecified atom stereocenters. The van der Waals surface area contributed by atoms with E-state index in [1.807, 2.05) is 25.1 Å². The van der Waals surface area contributed by atoms with Crippen LogP contribution in [0, 0.1) is 0 Å². The van der Waals surface area contributed by atoms with Crippen LogP contribution in [0.5, 0.6) is 0 Å². The topological polar surface area (TPSA) is 38.3 Å². The Morgan fingerprint density at radius 1 is 1.61 bits per heavy atom. The van der Waals surface area contributed by atoms with Gasteiger partial charge in [-0.2, -0.15) is 0 Å². The molecule has 1 atom stereocenters. The van der Waals surface area contributed by atoms with Crippen LogP contribution in [0.2, 0.25) is 5.02 Å². The molecule has 0 saturated carbocycles. The van der Waals surface area contributed by atoms with Crippen molar-refractivity contribution in [3.05, 3.63) is 28.8 Å². The van der Waals surface area contributed by atoms with Crippen LogP contribution in [0.25, 0.3) is 0 Å². The molecule has 3 nitrogen and oxygen atoms in total. The summed E-state index contributed by atoms with van der Waals surface area (Å²) in [6.07, 6.45) is 0.926. The molecule has 0 aliphatic carbocycles. The summed E-state index contributed by atoms with van der Waals surface area (Å²) in [5, 5.41) is 3.71. The maximum absolute atomic E-state index is 11.7. The highest BCUT2D eigenvalue weighted by Gasteiger charge is 2.22. The van der Waals surface area contributed by atoms with Gasteiger partial charge in [-0.1, -0.05) is 11.6 Å². The van der Waals surface area contributed by atoms with Crippen LogP contribution in [0.3, 0.4) is 0 Å². The summed E-state index contributed by atoms with van der Waals surface area (Å²) >= 11 is 7.82. The fourth-order valence-corrected chi connectivity index (χ4v) is 3.23. The Kier molecular flexibility index (Phi) is 4.92. The summed E-state index contributed by atoms with van der Waals surface area (Å²) in [6.45, 7) is 2.55. The highest BCUT2D eigenvalue weighted by Crippen LogP contribution is 2.37. The minimum absolute atomic E-state index is 0.0490. The third-order valence-corrected chi connectivity index (χ3v) is 4.14. The molecular formula is C13H16ClNO2S. The number of hydrogen-bond acceptors (Lipinski definition) is 3. The van der Waals surface area contributed by atoms with E-state index in [2.05, 4.69) is 5.32 Å². The first-order chi connectivity index (χ1) is 8.70. The van der Waals surface area contributed by atoms with Crippen molar-refractivity contribution in [2.45, 2.75) is 24.3 Å². The molecule has 98 valence electrons. The van der Waals surface area contributed by atoms with E-state index in [1.165, 1.54) is 4.90 Å². The number of carbonyl (C=O) groups excluding carboxylic acids is 1. The van der Waals surface area contributed by atoms with Crippen LogP contribution in [0.1, 0.15) is 24.9 Å². The van der Waals surface area contributed by atoms with E-state index in [1.54, 1.807) is 11.8 Å². The summed E-state index contributed by atoms with van der Waals surface area (Å²) in [4.78, 5) is 12.9. The second-order valence-corrected chi connectivity index (χ2v) is 5.65. The molecule has 1 aliphatic rings. The van der Waals surface area contributed by atoms with Crippen molar-refractivity contribution in [3.63, 3.8) is 0 Å². The number of amides is 1. The van der Waals surface area contributed by atoms with Crippen LogP contribution in [-0.2, 0) is 9.53 Å². The number of fused-ring (bicyclic) bond motifs is 1. The first-order valence-corrected chi connectivity index (χ1v) is 7.36. The number of nitrogens with one attached hydrogen (secondary N) is 1. The summed E-state index contributed by atoms with van der Waals surface area (Å²) in [6, 6.07) is 5.89. The van der Waals surface area contributed by atoms with Gasteiger partial charge in [0, 0.05) is 22.3 Å². The molecule has 1 heterocycles. The molecule has 1 aromatic rings. The number of halogens is 1. The van der Waals surface area contributed by atoms with Crippen molar-refractivity contribution >= 4 is 29.3 Å². The average molecular weight is 286 g/mol. The molecule has 0 bridgehead atoms. The first-order valence-electron chi connectivity index (χ1n) is 6.00. The van der Waals surface area contributed by atoms with Gasteiger partial charge in [0.15, 0.2) is 0 Å². The minimum Gasteiger partial charge on any atom is -0.372 e. The SMILES string of the molecule is CCOCC(=O)NC1CCSc2ccc(Cl)cc21. The van der Waals surface area contributed by atoms with Crippen LogP contribution in [-0.4, -0.2) is 24.9 Å². The van der Waals surface area contributed by atoms with Gasteiger partial charge >= 0.3 is 0 Å². The second-order valence-electron chi connectivity index (χ2n) is 4.08. The van der Waals surface area contributed by atoms with Crippen LogP contribution in [0.4, 0.5) is 0 Å². The molecule has 2 rings (SSSR count). The summed E-state index contributed by atoms with van der Waals surface area (Å²) in [5.74, 6) is 0.938. The Hall–Kier alpha value is -0.710. The molecule has 0 radical (unpaired) electrons. The van der Waals surface area contributed by atoms with E-state index in [-0.39, 0.29) is 18.6 Å². The lowest BCUT2D eigenvalue weighted by Gasteiger charge is -2.26. The molecule has 1 N–H and O–H groups in total. The predicted molar refractivity (Wildman–Crippen MR) is 74.2 cm³/mol. The van der Waals surface area contributed by atoms with E-state index in [0.717, 1.165) is 17.7 Å². The summed E-state index contributed by atoms with van der Waals surface area (Å²) < 4.78 is 5.11. The van der Waals surface area contributed by atoms with Gasteiger partial charge in [0.05, 0.1) is 6.04 Å². The van der Waals surface area contributed by atoms with E-state index < -0.39 is 0 Å². The molecule has 0 aromatic heterocycles. The van der Waals surface area contributed by atoms with Gasteiger partial charge in [-0.15, -0.1) is 11.8 Å². The molecule has 1 aliphatic heterocycles. The Morgan fingerprint density at radius 2 is 2.44 bits per heavy atom. The van der Waals surface area contributed by atoms with E-state index >= 15 is 0 Å². The smallest absolute Gasteiger partial charge is 0.246 e. The standard InChI is InChI=1S/C13H16ClNO2S/c1-2-17-8-13(16)15-11-5-6-18-12-4-3-9(14)7-10(11)12/h3-4,7,11H,2,5-6,8H2,1H3,(H,15,16). The number of thioether (sulfide) groups is 1. The summed E-state index contributed by atoms with van der Waals surface area (Å²) in [5.41, 5.74) is 1.11. The average Bonchev–Trinajstić information content (AvgIpc) is 2.37. The van der Waals surface area contributed by atoms with Gasteiger partial charge in [-0.3, -0.25) is 4.79 Å². The van der Waals surface area contributed by atoms with Crippen molar-refractivity contribution in [1.29, 1.82) is 0 Å². The van der Waals surface area contributed by atoms with Crippen molar-refractivity contribution in [2.75, 3.05) is 19.0 Å². The van der Waals surface area contributed by atoms with Crippen molar-refractivity contribution in [2.24, 2.45) is 0 Å². The first kappa shape index (κ1) is 13.7. The minimum atomic E-state index is -0.0697. The fourth-order valence-electron chi connectivity index (χ4n) is 1.95. The van der Waals surface area contributed by atoms with Crippen molar-refractivity contribution in [3.8, 4) is 0 Å². The van der Waals surface area contributed by atoms with E-state index in [9.17, 15) is 4.79 Å².